The van der Waals surface area contributed by atoms with Gasteiger partial charge in [0, 0.05) is 19.4 Å². The van der Waals surface area contributed by atoms with Crippen LogP contribution in [-0.4, -0.2) is 9.67 Å². The molecule has 0 fully saturated rings. The van der Waals surface area contributed by atoms with E-state index in [1.54, 1.807) is 24.3 Å². The zero-order valence-corrected chi connectivity index (χ0v) is 11.6. The number of aromatic hydroxyl groups is 1. The van der Waals surface area contributed by atoms with Crippen LogP contribution >= 0.6 is 0 Å². The quantitative estimate of drug-likeness (QED) is 0.716. The van der Waals surface area contributed by atoms with Crippen LogP contribution in [0.3, 0.4) is 0 Å². The summed E-state index contributed by atoms with van der Waals surface area (Å²) in [6.07, 6.45) is 4.00. The average Bonchev–Trinajstić information content (AvgIpc) is 2.87. The predicted molar refractivity (Wildman–Crippen MR) is 76.2 cm³/mol. The Balaban J connectivity index is 0. The third-order valence-corrected chi connectivity index (χ3v) is 1.51. The summed E-state index contributed by atoms with van der Waals surface area (Å²) in [7, 11) is 2.00. The number of rotatable bonds is 0. The number of aromatic nitrogens is 1. The highest BCUT2D eigenvalue weighted by Crippen LogP contribution is 2.02. The number of benzene rings is 1. The van der Waals surface area contributed by atoms with Crippen LogP contribution in [0, 0.1) is 0 Å². The zero-order valence-electron chi connectivity index (χ0n) is 11.6. The van der Waals surface area contributed by atoms with E-state index in [-0.39, 0.29) is 0 Å². The van der Waals surface area contributed by atoms with Crippen molar-refractivity contribution in [2.45, 2.75) is 27.7 Å². The first kappa shape index (κ1) is 17.7. The Morgan fingerprint density at radius 2 is 1.18 bits per heavy atom. The van der Waals surface area contributed by atoms with Gasteiger partial charge in [-0.2, -0.15) is 0 Å². The van der Waals surface area contributed by atoms with Crippen LogP contribution in [0.5, 0.6) is 5.75 Å². The molecule has 0 aliphatic carbocycles. The van der Waals surface area contributed by atoms with Gasteiger partial charge in [0.1, 0.15) is 5.75 Å². The van der Waals surface area contributed by atoms with Gasteiger partial charge in [0.05, 0.1) is 0 Å². The molecule has 1 N–H and O–H groups in total. The molecule has 0 aliphatic heterocycles. The molecule has 0 spiro atoms. The Hall–Kier alpha value is -1.70. The molecule has 1 aromatic carbocycles. The highest BCUT2D eigenvalue weighted by atomic mass is 16.3. The van der Waals surface area contributed by atoms with Crippen molar-refractivity contribution in [2.75, 3.05) is 0 Å². The number of phenolic OH excluding ortho intramolecular Hbond substituents is 1. The number of nitrogens with zero attached hydrogens (tertiary/aromatic N) is 1. The lowest BCUT2D eigenvalue weighted by Crippen LogP contribution is -1.75. The maximum absolute atomic E-state index is 8.63. The highest BCUT2D eigenvalue weighted by molar-refractivity contribution is 5.18. The SMILES string of the molecule is CC.CC.Cn1cccc1.Oc1ccccc1. The molecule has 2 heteroatoms. The van der Waals surface area contributed by atoms with Gasteiger partial charge >= 0.3 is 0 Å². The minimum atomic E-state index is 0.322. The first-order chi connectivity index (χ1) is 8.29. The smallest absolute Gasteiger partial charge is 0.115 e. The maximum atomic E-state index is 8.63. The van der Waals surface area contributed by atoms with Crippen molar-refractivity contribution in [3.05, 3.63) is 54.9 Å². The Morgan fingerprint density at radius 3 is 1.35 bits per heavy atom. The minimum Gasteiger partial charge on any atom is -0.508 e. The molecular formula is C15H25NO. The van der Waals surface area contributed by atoms with Crippen LogP contribution in [0.2, 0.25) is 0 Å². The second-order valence-corrected chi connectivity index (χ2v) is 2.68. The molecule has 0 radical (unpaired) electrons. The van der Waals surface area contributed by atoms with E-state index in [2.05, 4.69) is 0 Å². The number of hydrogen-bond donors (Lipinski definition) is 1. The fourth-order valence-corrected chi connectivity index (χ4v) is 0.849. The van der Waals surface area contributed by atoms with Crippen LogP contribution in [0.25, 0.3) is 0 Å². The molecule has 0 aliphatic rings. The minimum absolute atomic E-state index is 0.322. The lowest BCUT2D eigenvalue weighted by molar-refractivity contribution is 0.475. The maximum Gasteiger partial charge on any atom is 0.115 e. The van der Waals surface area contributed by atoms with Gasteiger partial charge in [-0.1, -0.05) is 45.9 Å². The van der Waals surface area contributed by atoms with E-state index in [9.17, 15) is 0 Å². The largest absolute Gasteiger partial charge is 0.508 e. The van der Waals surface area contributed by atoms with Crippen LogP contribution in [0.15, 0.2) is 54.9 Å². The van der Waals surface area contributed by atoms with Crippen molar-refractivity contribution in [1.82, 2.24) is 4.57 Å². The highest BCUT2D eigenvalue weighted by Gasteiger charge is 1.74. The van der Waals surface area contributed by atoms with Crippen LogP contribution in [0.1, 0.15) is 27.7 Å². The molecule has 1 heterocycles. The molecule has 2 rings (SSSR count). The van der Waals surface area contributed by atoms with Crippen LogP contribution in [-0.2, 0) is 7.05 Å². The fourth-order valence-electron chi connectivity index (χ4n) is 0.849. The van der Waals surface area contributed by atoms with Gasteiger partial charge in [0.2, 0.25) is 0 Å². The zero-order chi connectivity index (χ0) is 13.5. The average molecular weight is 235 g/mol. The van der Waals surface area contributed by atoms with Crippen molar-refractivity contribution in [2.24, 2.45) is 7.05 Å². The third kappa shape index (κ3) is 12.2. The van der Waals surface area contributed by atoms with E-state index in [0.29, 0.717) is 5.75 Å². The van der Waals surface area contributed by atoms with Crippen LogP contribution < -0.4 is 0 Å². The molecule has 0 saturated carbocycles. The molecule has 96 valence electrons. The summed E-state index contributed by atoms with van der Waals surface area (Å²) in [6, 6.07) is 12.7. The summed E-state index contributed by atoms with van der Waals surface area (Å²) in [6.45, 7) is 8.00. The molecule has 0 saturated heterocycles. The monoisotopic (exact) mass is 235 g/mol. The van der Waals surface area contributed by atoms with E-state index in [1.807, 2.05) is 69.9 Å². The van der Waals surface area contributed by atoms with Crippen molar-refractivity contribution in [3.8, 4) is 5.75 Å². The molecule has 0 atom stereocenters. The predicted octanol–water partition coefficient (Wildman–Crippen LogP) is 4.47. The molecular weight excluding hydrogens is 210 g/mol. The summed E-state index contributed by atoms with van der Waals surface area (Å²) >= 11 is 0. The Morgan fingerprint density at radius 1 is 0.765 bits per heavy atom. The summed E-state index contributed by atoms with van der Waals surface area (Å²) < 4.78 is 2.00. The molecule has 2 nitrogen and oxygen atoms in total. The summed E-state index contributed by atoms with van der Waals surface area (Å²) in [5.41, 5.74) is 0. The number of para-hydroxylation sites is 1. The summed E-state index contributed by atoms with van der Waals surface area (Å²) in [4.78, 5) is 0. The number of phenols is 1. The number of hydrogen-bond acceptors (Lipinski definition) is 1. The lowest BCUT2D eigenvalue weighted by atomic mass is 10.3. The van der Waals surface area contributed by atoms with Gasteiger partial charge in [-0.15, -0.1) is 0 Å². The summed E-state index contributed by atoms with van der Waals surface area (Å²) in [5.74, 6) is 0.322. The standard InChI is InChI=1S/C6H6O.C5H7N.2C2H6/c7-6-4-2-1-3-5-6;1-6-4-2-3-5-6;2*1-2/h1-5,7H;2-5H,1H3;2*1-2H3. The van der Waals surface area contributed by atoms with Crippen molar-refractivity contribution in [1.29, 1.82) is 0 Å². The van der Waals surface area contributed by atoms with Crippen LogP contribution in [0.4, 0.5) is 0 Å². The molecule has 0 amide bonds. The number of aryl methyl sites for hydroxylation is 1. The Bertz CT molecular complexity index is 314. The summed E-state index contributed by atoms with van der Waals surface area (Å²) in [5, 5.41) is 8.63. The van der Waals surface area contributed by atoms with Gasteiger partial charge in [-0.25, -0.2) is 0 Å². The Labute approximate surface area is 106 Å². The molecule has 2 aromatic rings. The Kier molecular flexibility index (Phi) is 14.9. The first-order valence-corrected chi connectivity index (χ1v) is 6.10. The van der Waals surface area contributed by atoms with Crippen molar-refractivity contribution >= 4 is 0 Å². The van der Waals surface area contributed by atoms with Gasteiger partial charge in [0.25, 0.3) is 0 Å². The second-order valence-electron chi connectivity index (χ2n) is 2.68. The van der Waals surface area contributed by atoms with Gasteiger partial charge in [-0.05, 0) is 24.3 Å². The second kappa shape index (κ2) is 14.3. The van der Waals surface area contributed by atoms with E-state index in [4.69, 9.17) is 5.11 Å². The van der Waals surface area contributed by atoms with Gasteiger partial charge in [-0.3, -0.25) is 0 Å². The lowest BCUT2D eigenvalue weighted by Gasteiger charge is -1.82. The first-order valence-electron chi connectivity index (χ1n) is 6.10. The van der Waals surface area contributed by atoms with Gasteiger partial charge in [0.15, 0.2) is 0 Å². The molecule has 1 aromatic heterocycles. The van der Waals surface area contributed by atoms with Gasteiger partial charge < -0.3 is 9.67 Å². The van der Waals surface area contributed by atoms with E-state index >= 15 is 0 Å². The van der Waals surface area contributed by atoms with E-state index < -0.39 is 0 Å². The topological polar surface area (TPSA) is 25.2 Å². The molecule has 0 bridgehead atoms. The van der Waals surface area contributed by atoms with Crippen molar-refractivity contribution < 1.29 is 5.11 Å². The van der Waals surface area contributed by atoms with E-state index in [1.165, 1.54) is 0 Å². The fraction of sp³-hybridized carbons (Fsp3) is 0.333. The molecule has 0 unspecified atom stereocenters. The third-order valence-electron chi connectivity index (χ3n) is 1.51. The molecule has 17 heavy (non-hydrogen) atoms. The van der Waals surface area contributed by atoms with Crippen molar-refractivity contribution in [3.63, 3.8) is 0 Å². The normalized spacial score (nSPS) is 7.35. The van der Waals surface area contributed by atoms with E-state index in [0.717, 1.165) is 0 Å².